The van der Waals surface area contributed by atoms with Crippen LogP contribution in [-0.4, -0.2) is 8.07 Å². The Morgan fingerprint density at radius 3 is 1.10 bits per heavy atom. The zero-order valence-corrected chi connectivity index (χ0v) is 34.7. The summed E-state index contributed by atoms with van der Waals surface area (Å²) in [5, 5.41) is 27.2. The second-order valence-electron chi connectivity index (χ2n) is 15.8. The van der Waals surface area contributed by atoms with Gasteiger partial charge in [0.25, 0.3) is 0 Å². The van der Waals surface area contributed by atoms with Crippen molar-refractivity contribution in [3.63, 3.8) is 0 Å². The Morgan fingerprint density at radius 2 is 0.677 bits per heavy atom. The van der Waals surface area contributed by atoms with Gasteiger partial charge in [0.05, 0.1) is 39.3 Å². The number of hydrogen-bond acceptors (Lipinski definition) is 4. The number of anilines is 6. The average Bonchev–Trinajstić information content (AvgIpc) is 3.35. The molecular formula is C57H38N4Si. The normalized spacial score (nSPS) is 14.0. The quantitative estimate of drug-likeness (QED) is 0.157. The fraction of sp³-hybridized carbons (Fsp3) is 0.0175. The number of nitrogens with zero attached hydrogens (tertiary/aromatic N) is 4. The Morgan fingerprint density at radius 1 is 0.339 bits per heavy atom. The van der Waals surface area contributed by atoms with Crippen molar-refractivity contribution < 1.29 is 0 Å². The number of fused-ring (bicyclic) bond motifs is 4. The third-order valence-corrected chi connectivity index (χ3v) is 17.7. The van der Waals surface area contributed by atoms with E-state index in [-0.39, 0.29) is 0 Å². The van der Waals surface area contributed by atoms with Gasteiger partial charge in [-0.2, -0.15) is 10.5 Å². The summed E-state index contributed by atoms with van der Waals surface area (Å²) >= 11 is 0. The van der Waals surface area contributed by atoms with Gasteiger partial charge in [0, 0.05) is 11.4 Å². The SMILES string of the molecule is N#Cc1cc(C#N)c(N2c3ccccc3[Si](c3ccccc3)(c3ccccc3)c3ccccc32)cc1N1c2ccccc2C(c2ccccc2)(c2ccccc2)c2ccccc21. The summed E-state index contributed by atoms with van der Waals surface area (Å²) in [5.74, 6) is 0. The van der Waals surface area contributed by atoms with Gasteiger partial charge in [-0.3, -0.25) is 0 Å². The molecule has 9 aromatic carbocycles. The zero-order chi connectivity index (χ0) is 41.7. The first-order chi connectivity index (χ1) is 30.7. The molecule has 11 rings (SSSR count). The van der Waals surface area contributed by atoms with Crippen LogP contribution in [0, 0.1) is 22.7 Å². The number of hydrogen-bond donors (Lipinski definition) is 0. The van der Waals surface area contributed by atoms with E-state index in [2.05, 4.69) is 246 Å². The van der Waals surface area contributed by atoms with Gasteiger partial charge in [-0.25, -0.2) is 0 Å². The van der Waals surface area contributed by atoms with E-state index in [0.29, 0.717) is 22.5 Å². The molecule has 2 heterocycles. The first-order valence-electron chi connectivity index (χ1n) is 20.9. The van der Waals surface area contributed by atoms with Crippen molar-refractivity contribution in [2.24, 2.45) is 0 Å². The highest BCUT2D eigenvalue weighted by atomic mass is 28.3. The molecular weight excluding hydrogens is 769 g/mol. The molecule has 0 saturated heterocycles. The lowest BCUT2D eigenvalue weighted by molar-refractivity contribution is 0.731. The van der Waals surface area contributed by atoms with Gasteiger partial charge in [-0.1, -0.05) is 194 Å². The summed E-state index contributed by atoms with van der Waals surface area (Å²) < 4.78 is 0. The Kier molecular flexibility index (Phi) is 8.79. The van der Waals surface area contributed by atoms with Crippen molar-refractivity contribution in [2.45, 2.75) is 5.41 Å². The lowest BCUT2D eigenvalue weighted by Gasteiger charge is -2.47. The molecule has 2 aliphatic rings. The van der Waals surface area contributed by atoms with Crippen LogP contribution in [-0.2, 0) is 5.41 Å². The van der Waals surface area contributed by atoms with Crippen LogP contribution in [0.1, 0.15) is 33.4 Å². The molecule has 290 valence electrons. The molecule has 0 radical (unpaired) electrons. The molecule has 0 amide bonds. The van der Waals surface area contributed by atoms with Crippen LogP contribution in [0.2, 0.25) is 0 Å². The Bertz CT molecular complexity index is 2830. The van der Waals surface area contributed by atoms with E-state index in [9.17, 15) is 10.5 Å². The van der Waals surface area contributed by atoms with Crippen LogP contribution in [0.3, 0.4) is 0 Å². The monoisotopic (exact) mass is 806 g/mol. The fourth-order valence-corrected chi connectivity index (χ4v) is 15.6. The molecule has 0 aliphatic carbocycles. The van der Waals surface area contributed by atoms with Crippen LogP contribution < -0.4 is 30.5 Å². The average molecular weight is 807 g/mol. The molecule has 0 fully saturated rings. The van der Waals surface area contributed by atoms with Gasteiger partial charge in [-0.15, -0.1) is 0 Å². The largest absolute Gasteiger partial charge is 0.309 e. The van der Waals surface area contributed by atoms with Crippen LogP contribution in [0.15, 0.2) is 231 Å². The van der Waals surface area contributed by atoms with Crippen LogP contribution in [0.4, 0.5) is 34.1 Å². The summed E-state index contributed by atoms with van der Waals surface area (Å²) in [4.78, 5) is 4.51. The number of benzene rings is 9. The van der Waals surface area contributed by atoms with Crippen molar-refractivity contribution in [2.75, 3.05) is 9.80 Å². The van der Waals surface area contributed by atoms with E-state index >= 15 is 0 Å². The van der Waals surface area contributed by atoms with E-state index in [1.165, 1.54) is 20.7 Å². The predicted octanol–water partition coefficient (Wildman–Crippen LogP) is 10.8. The van der Waals surface area contributed by atoms with Crippen molar-refractivity contribution in [1.82, 2.24) is 0 Å². The molecule has 0 saturated carbocycles. The van der Waals surface area contributed by atoms with E-state index in [4.69, 9.17) is 0 Å². The molecule has 0 spiro atoms. The molecule has 2 aliphatic heterocycles. The van der Waals surface area contributed by atoms with Crippen LogP contribution in [0.25, 0.3) is 0 Å². The molecule has 9 aromatic rings. The molecule has 0 atom stereocenters. The highest BCUT2D eigenvalue weighted by Gasteiger charge is 2.50. The maximum atomic E-state index is 11.1. The van der Waals surface area contributed by atoms with E-state index < -0.39 is 13.5 Å². The van der Waals surface area contributed by atoms with Gasteiger partial charge in [0.2, 0.25) is 0 Å². The number of nitriles is 2. The topological polar surface area (TPSA) is 54.1 Å². The van der Waals surface area contributed by atoms with E-state index in [0.717, 1.165) is 45.0 Å². The Balaban J connectivity index is 1.20. The van der Waals surface area contributed by atoms with Gasteiger partial charge in [0.15, 0.2) is 8.07 Å². The van der Waals surface area contributed by atoms with Crippen molar-refractivity contribution >= 4 is 62.9 Å². The van der Waals surface area contributed by atoms with Gasteiger partial charge >= 0.3 is 0 Å². The second-order valence-corrected chi connectivity index (χ2v) is 19.5. The Hall–Kier alpha value is -8.22. The minimum atomic E-state index is -2.90. The van der Waals surface area contributed by atoms with E-state index in [1.807, 2.05) is 0 Å². The van der Waals surface area contributed by atoms with Crippen LogP contribution in [0.5, 0.6) is 0 Å². The molecule has 5 heteroatoms. The first-order valence-corrected chi connectivity index (χ1v) is 22.9. The smallest absolute Gasteiger partial charge is 0.184 e. The van der Waals surface area contributed by atoms with Crippen molar-refractivity contribution in [3.05, 3.63) is 264 Å². The first kappa shape index (κ1) is 36.8. The highest BCUT2D eigenvalue weighted by Crippen LogP contribution is 2.58. The molecule has 0 bridgehead atoms. The zero-order valence-electron chi connectivity index (χ0n) is 33.7. The standard InChI is InChI=1S/C57H38N4Si/c58-39-41-37-42(40-59)54(61-51-33-17-19-35-55(51)62(45-25-9-3-10-26-45,46-27-11-4-12-28-46)56-36-20-18-34-52(56)61)38-53(41)60-49-31-15-13-29-47(49)57(43-21-5-1-6-22-43,44-23-7-2-8-24-44)48-30-14-16-32-50(48)60/h1-38H. The fourth-order valence-electron chi connectivity index (χ4n) is 10.5. The van der Waals surface area contributed by atoms with Crippen molar-refractivity contribution in [3.8, 4) is 12.1 Å². The lowest BCUT2D eigenvalue weighted by atomic mass is 9.62. The van der Waals surface area contributed by atoms with Crippen molar-refractivity contribution in [1.29, 1.82) is 10.5 Å². The maximum absolute atomic E-state index is 11.1. The maximum Gasteiger partial charge on any atom is 0.184 e. The number of rotatable bonds is 6. The summed E-state index contributed by atoms with van der Waals surface area (Å²) in [7, 11) is -2.90. The minimum Gasteiger partial charge on any atom is -0.309 e. The predicted molar refractivity (Wildman–Crippen MR) is 254 cm³/mol. The minimum absolute atomic E-state index is 0.415. The molecule has 62 heavy (non-hydrogen) atoms. The molecule has 0 unspecified atom stereocenters. The summed E-state index contributed by atoms with van der Waals surface area (Å²) in [5.41, 5.74) is 10.0. The summed E-state index contributed by atoms with van der Waals surface area (Å²) in [6.45, 7) is 0. The number of para-hydroxylation sites is 4. The molecule has 0 aromatic heterocycles. The van der Waals surface area contributed by atoms with Gasteiger partial charge < -0.3 is 9.80 Å². The van der Waals surface area contributed by atoms with Gasteiger partial charge in [-0.05, 0) is 79.4 Å². The molecule has 4 nitrogen and oxygen atoms in total. The summed E-state index contributed by atoms with van der Waals surface area (Å²) in [6.07, 6.45) is 0. The third-order valence-electron chi connectivity index (χ3n) is 12.9. The Labute approximate surface area is 363 Å². The molecule has 0 N–H and O–H groups in total. The third kappa shape index (κ3) is 5.23. The lowest BCUT2D eigenvalue weighted by Crippen LogP contribution is -2.77. The second kappa shape index (κ2) is 14.8. The summed E-state index contributed by atoms with van der Waals surface area (Å²) in [6, 6.07) is 86.8. The van der Waals surface area contributed by atoms with E-state index in [1.54, 1.807) is 6.07 Å². The van der Waals surface area contributed by atoms with Crippen LogP contribution >= 0.6 is 0 Å². The van der Waals surface area contributed by atoms with Gasteiger partial charge in [0.1, 0.15) is 12.1 Å². The highest BCUT2D eigenvalue weighted by molar-refractivity contribution is 7.21.